The van der Waals surface area contributed by atoms with Crippen LogP contribution in [0.1, 0.15) is 105 Å². The number of benzene rings is 7. The van der Waals surface area contributed by atoms with Crippen LogP contribution >= 0.6 is 11.3 Å². The van der Waals surface area contributed by atoms with Gasteiger partial charge in [0.1, 0.15) is 0 Å². The Morgan fingerprint density at radius 1 is 0.403 bits per heavy atom. The van der Waals surface area contributed by atoms with Gasteiger partial charge in [0.05, 0.1) is 0 Å². The van der Waals surface area contributed by atoms with Gasteiger partial charge in [0.15, 0.2) is 0 Å². The predicted molar refractivity (Wildman–Crippen MR) is 274 cm³/mol. The average Bonchev–Trinajstić information content (AvgIpc) is 3.61. The zero-order valence-corrected chi connectivity index (χ0v) is 39.5. The molecule has 3 heterocycles. The monoisotopic (exact) mass is 826 g/mol. The smallest absolute Gasteiger partial charge is 0.252 e. The Morgan fingerprint density at radius 2 is 0.903 bits per heavy atom. The van der Waals surface area contributed by atoms with Crippen LogP contribution < -0.4 is 26.2 Å². The van der Waals surface area contributed by atoms with Crippen molar-refractivity contribution in [1.82, 2.24) is 0 Å². The molecule has 1 aromatic heterocycles. The quantitative estimate of drug-likeness (QED) is 0.164. The maximum absolute atomic E-state index is 2.61. The summed E-state index contributed by atoms with van der Waals surface area (Å²) in [6, 6.07) is 54.1. The fraction of sp³-hybridized carbons (Fsp3) is 0.276. The molecule has 2 aliphatic heterocycles. The maximum Gasteiger partial charge on any atom is 0.252 e. The first-order valence-corrected chi connectivity index (χ1v) is 23.3. The average molecular weight is 827 g/mol. The molecule has 62 heavy (non-hydrogen) atoms. The SMILES string of the molecule is CC(C)(C)c1ccc(N2c3cc(C(C)(C)C)ccc3B3c4ccc(C(C)(C)C)cc4N(c4cccc(-c5cccc6sc7ccccc7c56)c4)c4cc(C(C)(C)C)cc2c43)cc1. The largest absolute Gasteiger partial charge is 0.311 e. The summed E-state index contributed by atoms with van der Waals surface area (Å²) < 4.78 is 2.65. The van der Waals surface area contributed by atoms with Crippen molar-refractivity contribution in [1.29, 1.82) is 0 Å². The second-order valence-electron chi connectivity index (χ2n) is 22.0. The van der Waals surface area contributed by atoms with E-state index in [0.717, 1.165) is 0 Å². The van der Waals surface area contributed by atoms with Crippen molar-refractivity contribution in [3.63, 3.8) is 0 Å². The molecular weight excluding hydrogens is 768 g/mol. The van der Waals surface area contributed by atoms with E-state index in [1.807, 2.05) is 11.3 Å². The summed E-state index contributed by atoms with van der Waals surface area (Å²) in [5.74, 6) is 0. The first-order chi connectivity index (χ1) is 29.3. The van der Waals surface area contributed by atoms with Gasteiger partial charge in [-0.25, -0.2) is 0 Å². The van der Waals surface area contributed by atoms with Crippen molar-refractivity contribution in [2.24, 2.45) is 0 Å². The lowest BCUT2D eigenvalue weighted by molar-refractivity contribution is 0.589. The van der Waals surface area contributed by atoms with Crippen molar-refractivity contribution in [3.05, 3.63) is 162 Å². The fourth-order valence-electron chi connectivity index (χ4n) is 9.85. The van der Waals surface area contributed by atoms with Gasteiger partial charge in [-0.1, -0.05) is 162 Å². The molecule has 0 unspecified atom stereocenters. The molecule has 0 fully saturated rings. The number of fused-ring (bicyclic) bond motifs is 7. The van der Waals surface area contributed by atoms with E-state index in [4.69, 9.17) is 0 Å². The van der Waals surface area contributed by atoms with Crippen LogP contribution in [0.4, 0.5) is 34.1 Å². The van der Waals surface area contributed by atoms with Crippen molar-refractivity contribution >= 4 is 88.7 Å². The molecule has 4 heteroatoms. The Labute approximate surface area is 374 Å². The second-order valence-corrected chi connectivity index (χ2v) is 23.0. The highest BCUT2D eigenvalue weighted by molar-refractivity contribution is 7.26. The van der Waals surface area contributed by atoms with Crippen LogP contribution in [-0.4, -0.2) is 6.71 Å². The number of anilines is 6. The molecule has 0 saturated carbocycles. The molecule has 310 valence electrons. The van der Waals surface area contributed by atoms with Crippen molar-refractivity contribution in [2.75, 3.05) is 9.80 Å². The third kappa shape index (κ3) is 6.60. The molecule has 2 nitrogen and oxygen atoms in total. The van der Waals surface area contributed by atoms with Gasteiger partial charge >= 0.3 is 0 Å². The van der Waals surface area contributed by atoms with Crippen LogP contribution in [0.15, 0.2) is 140 Å². The van der Waals surface area contributed by atoms with E-state index >= 15 is 0 Å². The summed E-state index contributed by atoms with van der Waals surface area (Å²) in [7, 11) is 0. The van der Waals surface area contributed by atoms with Crippen LogP contribution in [0.2, 0.25) is 0 Å². The van der Waals surface area contributed by atoms with E-state index in [9.17, 15) is 0 Å². The van der Waals surface area contributed by atoms with E-state index in [2.05, 4.69) is 232 Å². The standard InChI is InChI=1S/C58H59BN2S/c1-55(2,3)37-23-27-41(28-24-37)60-47-32-38(56(4,5)6)25-29-45(47)59-46-30-26-39(57(7,8)9)33-48(46)61(50-35-40(58(10,11)12)34-49(60)54(50)59)42-18-15-17-36(31-42)43-20-16-22-52-53(43)44-19-13-14-21-51(44)62-52/h13-35H,1-12H3. The first-order valence-electron chi connectivity index (χ1n) is 22.5. The van der Waals surface area contributed by atoms with Gasteiger partial charge < -0.3 is 9.80 Å². The van der Waals surface area contributed by atoms with E-state index in [-0.39, 0.29) is 28.4 Å². The third-order valence-corrected chi connectivity index (χ3v) is 14.6. The van der Waals surface area contributed by atoms with Crippen LogP contribution in [0.3, 0.4) is 0 Å². The molecule has 8 aromatic rings. The van der Waals surface area contributed by atoms with E-state index in [1.54, 1.807) is 0 Å². The minimum Gasteiger partial charge on any atom is -0.311 e. The van der Waals surface area contributed by atoms with Crippen LogP contribution in [0.5, 0.6) is 0 Å². The summed E-state index contributed by atoms with van der Waals surface area (Å²) >= 11 is 1.88. The lowest BCUT2D eigenvalue weighted by atomic mass is 9.33. The summed E-state index contributed by atoms with van der Waals surface area (Å²) in [5.41, 5.74) is 19.2. The second kappa shape index (κ2) is 14.0. The topological polar surface area (TPSA) is 6.48 Å². The van der Waals surface area contributed by atoms with E-state index in [0.29, 0.717) is 0 Å². The number of nitrogens with zero attached hydrogens (tertiary/aromatic N) is 2. The number of hydrogen-bond acceptors (Lipinski definition) is 3. The molecule has 10 rings (SSSR count). The minimum atomic E-state index is -0.104. The Kier molecular flexibility index (Phi) is 9.12. The van der Waals surface area contributed by atoms with Crippen molar-refractivity contribution in [2.45, 2.75) is 105 Å². The minimum absolute atomic E-state index is 0.0109. The van der Waals surface area contributed by atoms with Gasteiger partial charge in [0.2, 0.25) is 0 Å². The molecule has 0 atom stereocenters. The molecule has 0 radical (unpaired) electrons. The zero-order valence-electron chi connectivity index (χ0n) is 38.7. The van der Waals surface area contributed by atoms with Gasteiger partial charge in [-0.3, -0.25) is 0 Å². The fourth-order valence-corrected chi connectivity index (χ4v) is 11.0. The molecule has 0 N–H and O–H groups in total. The van der Waals surface area contributed by atoms with Crippen LogP contribution in [0, 0.1) is 0 Å². The highest BCUT2D eigenvalue weighted by atomic mass is 32.1. The number of rotatable bonds is 3. The molecule has 2 aliphatic rings. The summed E-state index contributed by atoms with van der Waals surface area (Å²) in [6.45, 7) is 28.1. The van der Waals surface area contributed by atoms with Crippen LogP contribution in [0.25, 0.3) is 31.3 Å². The third-order valence-electron chi connectivity index (χ3n) is 13.5. The molecule has 0 saturated heterocycles. The Morgan fingerprint density at radius 3 is 1.48 bits per heavy atom. The Balaban J connectivity index is 1.29. The normalized spacial score (nSPS) is 14.0. The van der Waals surface area contributed by atoms with Gasteiger partial charge in [-0.2, -0.15) is 0 Å². The molecular formula is C58H59BN2S. The maximum atomic E-state index is 2.61. The number of thiophene rings is 1. The van der Waals surface area contributed by atoms with Gasteiger partial charge in [-0.05, 0) is 132 Å². The summed E-state index contributed by atoms with van der Waals surface area (Å²) in [5, 5.41) is 2.66. The Bertz CT molecular complexity index is 3070. The van der Waals surface area contributed by atoms with Gasteiger partial charge in [-0.15, -0.1) is 11.3 Å². The summed E-state index contributed by atoms with van der Waals surface area (Å²) in [4.78, 5) is 5.20. The van der Waals surface area contributed by atoms with Gasteiger partial charge in [0, 0.05) is 54.3 Å². The highest BCUT2D eigenvalue weighted by Gasteiger charge is 2.45. The van der Waals surface area contributed by atoms with E-state index < -0.39 is 0 Å². The molecule has 7 aromatic carbocycles. The molecule has 0 aliphatic carbocycles. The molecule has 0 amide bonds. The molecule has 0 bridgehead atoms. The zero-order chi connectivity index (χ0) is 43.7. The number of hydrogen-bond donors (Lipinski definition) is 0. The Hall–Kier alpha value is -5.58. The highest BCUT2D eigenvalue weighted by Crippen LogP contribution is 2.49. The van der Waals surface area contributed by atoms with Crippen molar-refractivity contribution in [3.8, 4) is 11.1 Å². The predicted octanol–water partition coefficient (Wildman–Crippen LogP) is 15.0. The molecule has 0 spiro atoms. The van der Waals surface area contributed by atoms with Gasteiger partial charge in [0.25, 0.3) is 6.71 Å². The van der Waals surface area contributed by atoms with Crippen LogP contribution in [-0.2, 0) is 21.7 Å². The van der Waals surface area contributed by atoms with E-state index in [1.165, 1.54) is 104 Å². The lowest BCUT2D eigenvalue weighted by Crippen LogP contribution is -2.61. The summed E-state index contributed by atoms with van der Waals surface area (Å²) in [6.07, 6.45) is 0. The van der Waals surface area contributed by atoms with Crippen molar-refractivity contribution < 1.29 is 0 Å². The first kappa shape index (κ1) is 40.5. The lowest BCUT2D eigenvalue weighted by Gasteiger charge is -2.45.